The van der Waals surface area contributed by atoms with E-state index in [0.717, 1.165) is 11.1 Å². The standard InChI is InChI=1S/C27H22O7/c1-30-17-7-5-16(6-8-17)19-14-24(28)33-21-11-9-18-26(29)23(34-27(18)25(19)21)13-15-4-10-20(31-2)22(12-15)32-3/h4-13,19H,14H2,1-3H3/b23-13-/t19-/m1/s1. The van der Waals surface area contributed by atoms with Gasteiger partial charge in [-0.15, -0.1) is 0 Å². The topological polar surface area (TPSA) is 80.3 Å². The molecule has 3 aromatic rings. The Kier molecular flexibility index (Phi) is 5.45. The van der Waals surface area contributed by atoms with Crippen molar-refractivity contribution >= 4 is 17.8 Å². The molecule has 5 rings (SSSR count). The Morgan fingerprint density at radius 2 is 1.62 bits per heavy atom. The fourth-order valence-electron chi connectivity index (χ4n) is 4.32. The molecule has 0 radical (unpaired) electrons. The van der Waals surface area contributed by atoms with Crippen molar-refractivity contribution in [1.29, 1.82) is 0 Å². The van der Waals surface area contributed by atoms with Gasteiger partial charge in [0.1, 0.15) is 17.2 Å². The van der Waals surface area contributed by atoms with Crippen molar-refractivity contribution < 1.29 is 33.3 Å². The predicted molar refractivity (Wildman–Crippen MR) is 124 cm³/mol. The van der Waals surface area contributed by atoms with Crippen LogP contribution >= 0.6 is 0 Å². The first-order valence-corrected chi connectivity index (χ1v) is 10.7. The number of benzene rings is 3. The summed E-state index contributed by atoms with van der Waals surface area (Å²) in [6.07, 6.45) is 1.80. The molecule has 0 saturated heterocycles. The summed E-state index contributed by atoms with van der Waals surface area (Å²) < 4.78 is 27.5. The number of esters is 1. The van der Waals surface area contributed by atoms with Gasteiger partial charge in [-0.25, -0.2) is 0 Å². The van der Waals surface area contributed by atoms with Crippen molar-refractivity contribution in [3.8, 4) is 28.7 Å². The number of allylic oxidation sites excluding steroid dienone is 1. The van der Waals surface area contributed by atoms with Crippen LogP contribution in [0.1, 0.15) is 39.4 Å². The summed E-state index contributed by atoms with van der Waals surface area (Å²) in [6, 6.07) is 16.1. The van der Waals surface area contributed by atoms with Gasteiger partial charge in [-0.3, -0.25) is 9.59 Å². The lowest BCUT2D eigenvalue weighted by atomic mass is 9.84. The highest BCUT2D eigenvalue weighted by molar-refractivity contribution is 6.15. The molecule has 0 bridgehead atoms. The molecule has 7 nitrogen and oxygen atoms in total. The average molecular weight is 458 g/mol. The number of hydrogen-bond acceptors (Lipinski definition) is 7. The molecule has 34 heavy (non-hydrogen) atoms. The summed E-state index contributed by atoms with van der Waals surface area (Å²) in [5.41, 5.74) is 2.74. The number of rotatable bonds is 5. The number of ketones is 1. The van der Waals surface area contributed by atoms with Gasteiger partial charge in [-0.05, 0) is 53.6 Å². The van der Waals surface area contributed by atoms with E-state index < -0.39 is 0 Å². The maximum Gasteiger partial charge on any atom is 0.312 e. The van der Waals surface area contributed by atoms with Gasteiger partial charge < -0.3 is 23.7 Å². The molecule has 2 aliphatic heterocycles. The van der Waals surface area contributed by atoms with Crippen LogP contribution in [0.15, 0.2) is 60.4 Å². The molecule has 0 amide bonds. The highest BCUT2D eigenvalue weighted by Gasteiger charge is 2.38. The largest absolute Gasteiger partial charge is 0.497 e. The molecule has 0 fully saturated rings. The number of carbonyl (C=O) groups is 2. The van der Waals surface area contributed by atoms with Crippen LogP contribution < -0.4 is 23.7 Å². The van der Waals surface area contributed by atoms with E-state index in [1.165, 1.54) is 0 Å². The van der Waals surface area contributed by atoms with Crippen LogP contribution in [0.5, 0.6) is 28.7 Å². The number of fused-ring (bicyclic) bond motifs is 3. The molecular weight excluding hydrogens is 436 g/mol. The summed E-state index contributed by atoms with van der Waals surface area (Å²) in [4.78, 5) is 25.5. The van der Waals surface area contributed by atoms with Gasteiger partial charge in [0.2, 0.25) is 5.78 Å². The smallest absolute Gasteiger partial charge is 0.312 e. The molecule has 0 spiro atoms. The summed E-state index contributed by atoms with van der Waals surface area (Å²) in [6.45, 7) is 0. The van der Waals surface area contributed by atoms with Crippen molar-refractivity contribution in [3.05, 3.63) is 82.6 Å². The van der Waals surface area contributed by atoms with Crippen molar-refractivity contribution in [2.75, 3.05) is 21.3 Å². The van der Waals surface area contributed by atoms with Crippen LogP contribution in [0.2, 0.25) is 0 Å². The van der Waals surface area contributed by atoms with Crippen molar-refractivity contribution in [2.45, 2.75) is 12.3 Å². The molecule has 7 heteroatoms. The summed E-state index contributed by atoms with van der Waals surface area (Å²) >= 11 is 0. The second kappa shape index (κ2) is 8.59. The minimum absolute atomic E-state index is 0.141. The zero-order chi connectivity index (χ0) is 23.8. The zero-order valence-electron chi connectivity index (χ0n) is 18.9. The molecular formula is C27H22O7. The molecule has 0 unspecified atom stereocenters. The molecule has 1 atom stereocenters. The average Bonchev–Trinajstić information content (AvgIpc) is 3.18. The molecule has 2 aliphatic rings. The lowest BCUT2D eigenvalue weighted by Gasteiger charge is -2.26. The number of hydrogen-bond donors (Lipinski definition) is 0. The van der Waals surface area contributed by atoms with Crippen molar-refractivity contribution in [2.24, 2.45) is 0 Å². The highest BCUT2D eigenvalue weighted by Crippen LogP contribution is 2.49. The van der Waals surface area contributed by atoms with Gasteiger partial charge in [0.15, 0.2) is 17.3 Å². The zero-order valence-corrected chi connectivity index (χ0v) is 18.9. The Morgan fingerprint density at radius 3 is 2.32 bits per heavy atom. The summed E-state index contributed by atoms with van der Waals surface area (Å²) in [5, 5.41) is 0. The SMILES string of the molecule is COc1ccc([C@H]2CC(=O)Oc3ccc4c(c32)O/C(=C\c2ccc(OC)c(OC)c2)C4=O)cc1. The Hall–Kier alpha value is -4.26. The molecule has 0 aromatic heterocycles. The Bertz CT molecular complexity index is 1320. The van der Waals surface area contributed by atoms with Gasteiger partial charge >= 0.3 is 5.97 Å². The van der Waals surface area contributed by atoms with Crippen molar-refractivity contribution in [1.82, 2.24) is 0 Å². The van der Waals surface area contributed by atoms with E-state index in [4.69, 9.17) is 23.7 Å². The second-order valence-corrected chi connectivity index (χ2v) is 7.91. The molecule has 2 heterocycles. The van der Waals surface area contributed by atoms with E-state index in [0.29, 0.717) is 39.9 Å². The second-order valence-electron chi connectivity index (χ2n) is 7.91. The quantitative estimate of drug-likeness (QED) is 0.310. The molecule has 0 aliphatic carbocycles. The number of carbonyl (C=O) groups excluding carboxylic acids is 2. The minimum atomic E-state index is -0.335. The van der Waals surface area contributed by atoms with Crippen LogP contribution in [0, 0.1) is 0 Å². The van der Waals surface area contributed by atoms with Crippen LogP contribution in [0.25, 0.3) is 6.08 Å². The molecule has 0 saturated carbocycles. The number of Topliss-reactive ketones (excluding diaryl/α,β-unsaturated/α-hetero) is 1. The molecule has 3 aromatic carbocycles. The van der Waals surface area contributed by atoms with E-state index in [9.17, 15) is 9.59 Å². The summed E-state index contributed by atoms with van der Waals surface area (Å²) in [7, 11) is 4.71. The Morgan fingerprint density at radius 1 is 0.853 bits per heavy atom. The fraction of sp³-hybridized carbons (Fsp3) is 0.185. The first-order valence-electron chi connectivity index (χ1n) is 10.7. The van der Waals surface area contributed by atoms with E-state index in [1.54, 1.807) is 51.7 Å². The predicted octanol–water partition coefficient (Wildman–Crippen LogP) is 4.77. The van der Waals surface area contributed by atoms with Crippen LogP contribution in [0.3, 0.4) is 0 Å². The van der Waals surface area contributed by atoms with Gasteiger partial charge in [0.05, 0.1) is 33.3 Å². The number of ether oxygens (including phenoxy) is 5. The third-order valence-corrected chi connectivity index (χ3v) is 6.00. The normalized spacial score (nSPS) is 17.5. The van der Waals surface area contributed by atoms with Crippen LogP contribution in [-0.4, -0.2) is 33.1 Å². The van der Waals surface area contributed by atoms with Gasteiger partial charge in [-0.1, -0.05) is 18.2 Å². The van der Waals surface area contributed by atoms with E-state index in [-0.39, 0.29) is 29.9 Å². The third kappa shape index (κ3) is 3.65. The molecule has 0 N–H and O–H groups in total. The molecule has 172 valence electrons. The minimum Gasteiger partial charge on any atom is -0.497 e. The van der Waals surface area contributed by atoms with E-state index in [1.807, 2.05) is 30.3 Å². The Balaban J connectivity index is 1.56. The Labute approximate surface area is 196 Å². The first kappa shape index (κ1) is 21.6. The lowest BCUT2D eigenvalue weighted by molar-refractivity contribution is -0.135. The third-order valence-electron chi connectivity index (χ3n) is 6.00. The summed E-state index contributed by atoms with van der Waals surface area (Å²) in [5.74, 6) is 1.96. The maximum atomic E-state index is 13.2. The van der Waals surface area contributed by atoms with Gasteiger partial charge in [0.25, 0.3) is 0 Å². The van der Waals surface area contributed by atoms with Crippen LogP contribution in [0.4, 0.5) is 0 Å². The maximum absolute atomic E-state index is 13.2. The lowest BCUT2D eigenvalue weighted by Crippen LogP contribution is -2.21. The monoisotopic (exact) mass is 458 g/mol. The highest BCUT2D eigenvalue weighted by atomic mass is 16.5. The van der Waals surface area contributed by atoms with Crippen LogP contribution in [-0.2, 0) is 4.79 Å². The van der Waals surface area contributed by atoms with Gasteiger partial charge in [0, 0.05) is 11.5 Å². The number of methoxy groups -OCH3 is 3. The van der Waals surface area contributed by atoms with E-state index in [2.05, 4.69) is 0 Å². The fourth-order valence-corrected chi connectivity index (χ4v) is 4.32. The van der Waals surface area contributed by atoms with Gasteiger partial charge in [-0.2, -0.15) is 0 Å². The first-order chi connectivity index (χ1) is 16.5. The van der Waals surface area contributed by atoms with E-state index >= 15 is 0 Å². The van der Waals surface area contributed by atoms with Crippen molar-refractivity contribution in [3.63, 3.8) is 0 Å².